The van der Waals surface area contributed by atoms with Gasteiger partial charge in [0.2, 0.25) is 0 Å². The molecule has 0 spiro atoms. The number of aryl methyl sites for hydroxylation is 1. The molecular formula is C25H25N3. The summed E-state index contributed by atoms with van der Waals surface area (Å²) in [6.45, 7) is 2.84. The monoisotopic (exact) mass is 367 g/mol. The molecule has 3 nitrogen and oxygen atoms in total. The molecule has 1 aliphatic carbocycles. The fourth-order valence-electron chi connectivity index (χ4n) is 4.39. The highest BCUT2D eigenvalue weighted by Gasteiger charge is 2.23. The number of amidine groups is 1. The van der Waals surface area contributed by atoms with Gasteiger partial charge >= 0.3 is 0 Å². The van der Waals surface area contributed by atoms with Gasteiger partial charge in [0.15, 0.2) is 0 Å². The van der Waals surface area contributed by atoms with Crippen molar-refractivity contribution in [3.05, 3.63) is 89.2 Å². The van der Waals surface area contributed by atoms with Crippen LogP contribution in [-0.2, 0) is 6.54 Å². The van der Waals surface area contributed by atoms with Crippen molar-refractivity contribution in [3.8, 4) is 0 Å². The number of anilines is 1. The molecule has 1 fully saturated rings. The highest BCUT2D eigenvalue weighted by atomic mass is 15.2. The number of pyridine rings is 1. The van der Waals surface area contributed by atoms with Crippen molar-refractivity contribution in [2.45, 2.75) is 45.1 Å². The van der Waals surface area contributed by atoms with Crippen LogP contribution in [0.25, 0.3) is 0 Å². The van der Waals surface area contributed by atoms with Gasteiger partial charge in [-0.2, -0.15) is 0 Å². The minimum atomic E-state index is 0.741. The van der Waals surface area contributed by atoms with Crippen molar-refractivity contribution in [1.82, 2.24) is 4.98 Å². The first-order valence-corrected chi connectivity index (χ1v) is 10.2. The molecule has 2 aromatic carbocycles. The molecular weight excluding hydrogens is 342 g/mol. The molecule has 0 N–H and O–H groups in total. The summed E-state index contributed by atoms with van der Waals surface area (Å²) in [6, 6.07) is 21.7. The fourth-order valence-corrected chi connectivity index (χ4v) is 4.39. The predicted molar refractivity (Wildman–Crippen MR) is 115 cm³/mol. The second-order valence-electron chi connectivity index (χ2n) is 7.91. The van der Waals surface area contributed by atoms with E-state index in [2.05, 4.69) is 70.5 Å². The van der Waals surface area contributed by atoms with Crippen molar-refractivity contribution in [1.29, 1.82) is 0 Å². The molecule has 1 aliphatic heterocycles. The Bertz CT molecular complexity index is 997. The molecule has 0 bridgehead atoms. The van der Waals surface area contributed by atoms with Gasteiger partial charge in [-0.1, -0.05) is 43.2 Å². The van der Waals surface area contributed by atoms with E-state index in [9.17, 15) is 0 Å². The van der Waals surface area contributed by atoms with E-state index in [4.69, 9.17) is 4.99 Å². The smallest absolute Gasteiger partial charge is 0.142 e. The van der Waals surface area contributed by atoms with E-state index in [0.717, 1.165) is 35.2 Å². The van der Waals surface area contributed by atoms with Crippen molar-refractivity contribution in [3.63, 3.8) is 0 Å². The van der Waals surface area contributed by atoms with Crippen molar-refractivity contribution in [2.75, 3.05) is 4.90 Å². The van der Waals surface area contributed by atoms with Crippen LogP contribution in [-0.4, -0.2) is 10.8 Å². The molecule has 1 saturated carbocycles. The maximum atomic E-state index is 5.01. The first-order chi connectivity index (χ1) is 13.8. The third-order valence-corrected chi connectivity index (χ3v) is 6.00. The van der Waals surface area contributed by atoms with Crippen LogP contribution in [0.15, 0.2) is 71.9 Å². The van der Waals surface area contributed by atoms with Gasteiger partial charge in [0.05, 0.1) is 12.2 Å². The molecule has 0 radical (unpaired) electrons. The lowest BCUT2D eigenvalue weighted by Crippen LogP contribution is -2.33. The van der Waals surface area contributed by atoms with Crippen LogP contribution in [0.4, 0.5) is 11.4 Å². The maximum Gasteiger partial charge on any atom is 0.142 e. The topological polar surface area (TPSA) is 28.5 Å². The molecule has 2 aliphatic rings. The second-order valence-corrected chi connectivity index (χ2v) is 7.91. The van der Waals surface area contributed by atoms with Crippen LogP contribution >= 0.6 is 0 Å². The molecule has 1 aromatic heterocycles. The number of rotatable bonds is 3. The van der Waals surface area contributed by atoms with Gasteiger partial charge in [0.25, 0.3) is 0 Å². The molecule has 0 saturated heterocycles. The zero-order valence-corrected chi connectivity index (χ0v) is 16.3. The Morgan fingerprint density at radius 2 is 1.68 bits per heavy atom. The average molecular weight is 367 g/mol. The minimum Gasteiger partial charge on any atom is -0.321 e. The van der Waals surface area contributed by atoms with E-state index in [1.807, 2.05) is 13.1 Å². The molecule has 0 amide bonds. The van der Waals surface area contributed by atoms with Gasteiger partial charge in [0, 0.05) is 23.1 Å². The number of hydrogen-bond acceptors (Lipinski definition) is 3. The Hall–Kier alpha value is -2.94. The van der Waals surface area contributed by atoms with Gasteiger partial charge < -0.3 is 4.90 Å². The maximum absolute atomic E-state index is 5.01. The minimum absolute atomic E-state index is 0.741. The number of benzene rings is 2. The Kier molecular flexibility index (Phi) is 4.44. The first-order valence-electron chi connectivity index (χ1n) is 10.2. The summed E-state index contributed by atoms with van der Waals surface area (Å²) >= 11 is 0. The fraction of sp³-hybridized carbons (Fsp3) is 0.280. The lowest BCUT2D eigenvalue weighted by molar-refractivity contribution is 0.723. The molecule has 2 heterocycles. The number of aromatic nitrogens is 1. The lowest BCUT2D eigenvalue weighted by Gasteiger charge is -2.31. The van der Waals surface area contributed by atoms with Gasteiger partial charge in [-0.3, -0.25) is 4.98 Å². The standard InChI is InChI=1S/C25H25N3/c1-18-10-11-21(16-26-18)25-27-24-9-5-4-8-22(24)17-28(25)23-14-12-20(13-15-23)19-6-2-3-7-19/h4-5,8-16,19H,2-3,6-7,17H2,1H3. The molecule has 3 heteroatoms. The van der Waals surface area contributed by atoms with Crippen molar-refractivity contribution in [2.24, 2.45) is 4.99 Å². The molecule has 28 heavy (non-hydrogen) atoms. The van der Waals surface area contributed by atoms with E-state index in [0.29, 0.717) is 0 Å². The summed E-state index contributed by atoms with van der Waals surface area (Å²) in [4.78, 5) is 11.8. The Morgan fingerprint density at radius 3 is 2.43 bits per heavy atom. The summed E-state index contributed by atoms with van der Waals surface area (Å²) in [5.41, 5.74) is 7.06. The molecule has 3 aromatic rings. The average Bonchev–Trinajstić information content (AvgIpc) is 3.28. The van der Waals surface area contributed by atoms with E-state index in [-0.39, 0.29) is 0 Å². The summed E-state index contributed by atoms with van der Waals surface area (Å²) < 4.78 is 0. The van der Waals surface area contributed by atoms with E-state index in [1.54, 1.807) is 0 Å². The SMILES string of the molecule is Cc1ccc(C2=Nc3ccccc3CN2c2ccc(C3CCCC3)cc2)cn1. The molecule has 0 unspecified atom stereocenters. The number of para-hydroxylation sites is 1. The summed E-state index contributed by atoms with van der Waals surface area (Å²) in [7, 11) is 0. The van der Waals surface area contributed by atoms with Crippen LogP contribution < -0.4 is 4.90 Å². The van der Waals surface area contributed by atoms with Gasteiger partial charge in [-0.15, -0.1) is 0 Å². The van der Waals surface area contributed by atoms with Crippen LogP contribution in [0.3, 0.4) is 0 Å². The predicted octanol–water partition coefficient (Wildman–Crippen LogP) is 6.15. The van der Waals surface area contributed by atoms with Gasteiger partial charge in [-0.05, 0) is 67.1 Å². The number of fused-ring (bicyclic) bond motifs is 1. The van der Waals surface area contributed by atoms with Gasteiger partial charge in [0.1, 0.15) is 5.84 Å². The highest BCUT2D eigenvalue weighted by molar-refractivity contribution is 6.11. The Balaban J connectivity index is 1.53. The molecule has 0 atom stereocenters. The summed E-state index contributed by atoms with van der Waals surface area (Å²) in [5, 5.41) is 0. The van der Waals surface area contributed by atoms with E-state index < -0.39 is 0 Å². The summed E-state index contributed by atoms with van der Waals surface area (Å²) in [6.07, 6.45) is 7.33. The van der Waals surface area contributed by atoms with Gasteiger partial charge in [-0.25, -0.2) is 4.99 Å². The molecule has 5 rings (SSSR count). The number of nitrogens with zero attached hydrogens (tertiary/aromatic N) is 3. The van der Waals surface area contributed by atoms with E-state index >= 15 is 0 Å². The Morgan fingerprint density at radius 1 is 0.893 bits per heavy atom. The van der Waals surface area contributed by atoms with Crippen LogP contribution in [0.2, 0.25) is 0 Å². The lowest BCUT2D eigenvalue weighted by atomic mass is 9.97. The Labute approximate surface area is 166 Å². The quantitative estimate of drug-likeness (QED) is 0.556. The first kappa shape index (κ1) is 17.2. The van der Waals surface area contributed by atoms with Crippen LogP contribution in [0, 0.1) is 6.92 Å². The normalized spacial score (nSPS) is 16.8. The summed E-state index contributed by atoms with van der Waals surface area (Å²) in [5.74, 6) is 1.71. The molecule has 140 valence electrons. The third-order valence-electron chi connectivity index (χ3n) is 6.00. The number of hydrogen-bond donors (Lipinski definition) is 0. The third kappa shape index (κ3) is 3.22. The zero-order chi connectivity index (χ0) is 18.9. The second kappa shape index (κ2) is 7.23. The zero-order valence-electron chi connectivity index (χ0n) is 16.3. The van der Waals surface area contributed by atoms with Crippen LogP contribution in [0.5, 0.6) is 0 Å². The van der Waals surface area contributed by atoms with Crippen molar-refractivity contribution >= 4 is 17.2 Å². The number of aliphatic imine (C=N–C) groups is 1. The van der Waals surface area contributed by atoms with Crippen LogP contribution in [0.1, 0.15) is 54.0 Å². The van der Waals surface area contributed by atoms with Crippen molar-refractivity contribution < 1.29 is 0 Å². The largest absolute Gasteiger partial charge is 0.321 e. The highest BCUT2D eigenvalue weighted by Crippen LogP contribution is 2.36. The van der Waals surface area contributed by atoms with E-state index in [1.165, 1.54) is 42.5 Å².